The van der Waals surface area contributed by atoms with E-state index in [4.69, 9.17) is 5.73 Å². The van der Waals surface area contributed by atoms with Gasteiger partial charge in [0.1, 0.15) is 5.78 Å². The zero-order valence-corrected chi connectivity index (χ0v) is 11.0. The molecule has 2 unspecified atom stereocenters. The average molecular weight is 251 g/mol. The van der Waals surface area contributed by atoms with Crippen LogP contribution in [0.5, 0.6) is 0 Å². The summed E-state index contributed by atoms with van der Waals surface area (Å²) in [6, 6.07) is 4.25. The summed E-state index contributed by atoms with van der Waals surface area (Å²) in [5.74, 6) is 0.505. The van der Waals surface area contributed by atoms with Crippen LogP contribution in [-0.4, -0.2) is 11.8 Å². The standard InChI is InChI=1S/C14H21NOS/c15-13-7-3-1-2-6-12(13)14(16)9-8-11-5-4-10-17-11/h4-5,10,12-13H,1-3,6-9,15H2. The zero-order valence-electron chi connectivity index (χ0n) is 10.2. The van der Waals surface area contributed by atoms with Crippen molar-refractivity contribution >= 4 is 17.1 Å². The molecule has 2 atom stereocenters. The molecule has 0 spiro atoms. The second-order valence-electron chi connectivity index (χ2n) is 4.95. The van der Waals surface area contributed by atoms with E-state index in [9.17, 15) is 4.79 Å². The number of carbonyl (C=O) groups is 1. The summed E-state index contributed by atoms with van der Waals surface area (Å²) in [6.07, 6.45) is 7.18. The Morgan fingerprint density at radius 3 is 2.94 bits per heavy atom. The quantitative estimate of drug-likeness (QED) is 0.835. The lowest BCUT2D eigenvalue weighted by atomic mass is 9.89. The predicted molar refractivity (Wildman–Crippen MR) is 72.2 cm³/mol. The Morgan fingerprint density at radius 2 is 2.18 bits per heavy atom. The molecule has 3 heteroatoms. The van der Waals surface area contributed by atoms with Gasteiger partial charge in [-0.1, -0.05) is 25.3 Å². The maximum Gasteiger partial charge on any atom is 0.137 e. The molecule has 1 aliphatic rings. The first-order valence-corrected chi connectivity index (χ1v) is 7.46. The fourth-order valence-corrected chi connectivity index (χ4v) is 3.33. The number of Topliss-reactive ketones (excluding diaryl/α,β-unsaturated/α-hetero) is 1. The van der Waals surface area contributed by atoms with Gasteiger partial charge < -0.3 is 5.73 Å². The first-order valence-electron chi connectivity index (χ1n) is 6.58. The first kappa shape index (κ1) is 12.8. The van der Waals surface area contributed by atoms with Crippen molar-refractivity contribution in [1.29, 1.82) is 0 Å². The molecule has 1 heterocycles. The van der Waals surface area contributed by atoms with Crippen LogP contribution < -0.4 is 5.73 Å². The predicted octanol–water partition coefficient (Wildman–Crippen LogP) is 3.16. The van der Waals surface area contributed by atoms with Gasteiger partial charge >= 0.3 is 0 Å². The van der Waals surface area contributed by atoms with Gasteiger partial charge in [0.25, 0.3) is 0 Å². The molecular weight excluding hydrogens is 230 g/mol. The van der Waals surface area contributed by atoms with E-state index < -0.39 is 0 Å². The van der Waals surface area contributed by atoms with E-state index in [1.54, 1.807) is 11.3 Å². The fraction of sp³-hybridized carbons (Fsp3) is 0.643. The number of thiophene rings is 1. The second-order valence-corrected chi connectivity index (χ2v) is 5.99. The minimum atomic E-state index is 0.105. The fourth-order valence-electron chi connectivity index (χ4n) is 2.62. The number of nitrogens with two attached hydrogens (primary N) is 1. The maximum absolute atomic E-state index is 12.2. The van der Waals surface area contributed by atoms with Gasteiger partial charge in [-0.3, -0.25) is 4.79 Å². The Bertz CT molecular complexity index is 347. The van der Waals surface area contributed by atoms with Gasteiger partial charge in [-0.05, 0) is 30.7 Å². The normalized spacial score (nSPS) is 25.5. The van der Waals surface area contributed by atoms with Crippen LogP contribution >= 0.6 is 11.3 Å². The molecule has 1 saturated carbocycles. The van der Waals surface area contributed by atoms with E-state index in [-0.39, 0.29) is 12.0 Å². The highest BCUT2D eigenvalue weighted by atomic mass is 32.1. The molecule has 17 heavy (non-hydrogen) atoms. The molecule has 0 bridgehead atoms. The van der Waals surface area contributed by atoms with E-state index in [1.165, 1.54) is 24.1 Å². The first-order chi connectivity index (χ1) is 8.27. The molecule has 1 aliphatic carbocycles. The Kier molecular flexibility index (Phi) is 4.75. The zero-order chi connectivity index (χ0) is 12.1. The molecule has 2 nitrogen and oxygen atoms in total. The number of hydrogen-bond acceptors (Lipinski definition) is 3. The molecule has 0 amide bonds. The summed E-state index contributed by atoms with van der Waals surface area (Å²) in [5.41, 5.74) is 6.11. The van der Waals surface area contributed by atoms with Crippen LogP contribution in [0.1, 0.15) is 43.4 Å². The van der Waals surface area contributed by atoms with Gasteiger partial charge in [-0.15, -0.1) is 11.3 Å². The van der Waals surface area contributed by atoms with Gasteiger partial charge in [0.05, 0.1) is 0 Å². The number of carbonyl (C=O) groups excluding carboxylic acids is 1. The van der Waals surface area contributed by atoms with Gasteiger partial charge in [-0.2, -0.15) is 0 Å². The third kappa shape index (κ3) is 3.65. The summed E-state index contributed by atoms with van der Waals surface area (Å²) in [4.78, 5) is 13.5. The highest BCUT2D eigenvalue weighted by molar-refractivity contribution is 7.09. The molecule has 0 saturated heterocycles. The Hall–Kier alpha value is -0.670. The van der Waals surface area contributed by atoms with Crippen molar-refractivity contribution in [3.63, 3.8) is 0 Å². The van der Waals surface area contributed by atoms with Crippen molar-refractivity contribution in [2.45, 2.75) is 51.0 Å². The van der Waals surface area contributed by atoms with Crippen molar-refractivity contribution in [3.8, 4) is 0 Å². The number of hydrogen-bond donors (Lipinski definition) is 1. The van der Waals surface area contributed by atoms with Crippen LogP contribution in [0.25, 0.3) is 0 Å². The molecule has 0 aromatic carbocycles. The molecule has 2 N–H and O–H groups in total. The SMILES string of the molecule is NC1CCCCCC1C(=O)CCc1cccs1. The van der Waals surface area contributed by atoms with E-state index in [0.717, 1.165) is 19.3 Å². The lowest BCUT2D eigenvalue weighted by Gasteiger charge is -2.19. The molecule has 94 valence electrons. The maximum atomic E-state index is 12.2. The highest BCUT2D eigenvalue weighted by Gasteiger charge is 2.26. The van der Waals surface area contributed by atoms with Crippen molar-refractivity contribution in [2.24, 2.45) is 11.7 Å². The van der Waals surface area contributed by atoms with Crippen molar-refractivity contribution in [1.82, 2.24) is 0 Å². The molecular formula is C14H21NOS. The van der Waals surface area contributed by atoms with Gasteiger partial charge in [-0.25, -0.2) is 0 Å². The molecule has 1 aromatic heterocycles. The van der Waals surface area contributed by atoms with Crippen molar-refractivity contribution in [2.75, 3.05) is 0 Å². The van der Waals surface area contributed by atoms with Gasteiger partial charge in [0, 0.05) is 23.3 Å². The topological polar surface area (TPSA) is 43.1 Å². The monoisotopic (exact) mass is 251 g/mol. The summed E-state index contributed by atoms with van der Waals surface area (Å²) in [7, 11) is 0. The van der Waals surface area contributed by atoms with Gasteiger partial charge in [0.15, 0.2) is 0 Å². The third-order valence-corrected chi connectivity index (χ3v) is 4.62. The lowest BCUT2D eigenvalue weighted by molar-refractivity contribution is -0.123. The minimum Gasteiger partial charge on any atom is -0.327 e. The smallest absolute Gasteiger partial charge is 0.137 e. The summed E-state index contributed by atoms with van der Waals surface area (Å²) in [5, 5.41) is 2.07. The molecule has 1 fully saturated rings. The van der Waals surface area contributed by atoms with Crippen LogP contribution in [0.3, 0.4) is 0 Å². The average Bonchev–Trinajstić information content (AvgIpc) is 2.75. The summed E-state index contributed by atoms with van der Waals surface area (Å²) in [6.45, 7) is 0. The van der Waals surface area contributed by atoms with Crippen LogP contribution in [0.4, 0.5) is 0 Å². The highest BCUT2D eigenvalue weighted by Crippen LogP contribution is 2.24. The summed E-state index contributed by atoms with van der Waals surface area (Å²) >= 11 is 1.73. The molecule has 0 aliphatic heterocycles. The van der Waals surface area contributed by atoms with Crippen LogP contribution in [-0.2, 0) is 11.2 Å². The Labute approximate surface area is 107 Å². The molecule has 2 rings (SSSR count). The van der Waals surface area contributed by atoms with Crippen molar-refractivity contribution in [3.05, 3.63) is 22.4 Å². The number of rotatable bonds is 4. The van der Waals surface area contributed by atoms with Crippen molar-refractivity contribution < 1.29 is 4.79 Å². The Morgan fingerprint density at radius 1 is 1.35 bits per heavy atom. The lowest BCUT2D eigenvalue weighted by Crippen LogP contribution is -2.34. The van der Waals surface area contributed by atoms with Gasteiger partial charge in [0.2, 0.25) is 0 Å². The summed E-state index contributed by atoms with van der Waals surface area (Å²) < 4.78 is 0. The molecule has 0 radical (unpaired) electrons. The third-order valence-electron chi connectivity index (χ3n) is 3.68. The van der Waals surface area contributed by atoms with Crippen LogP contribution in [0.2, 0.25) is 0 Å². The van der Waals surface area contributed by atoms with E-state index in [0.29, 0.717) is 12.2 Å². The van der Waals surface area contributed by atoms with E-state index in [2.05, 4.69) is 11.4 Å². The number of aryl methyl sites for hydroxylation is 1. The largest absolute Gasteiger partial charge is 0.327 e. The molecule has 1 aromatic rings. The van der Waals surface area contributed by atoms with Crippen LogP contribution in [0.15, 0.2) is 17.5 Å². The second kappa shape index (κ2) is 6.31. The van der Waals surface area contributed by atoms with E-state index in [1.807, 2.05) is 6.07 Å². The minimum absolute atomic E-state index is 0.105. The number of ketones is 1. The van der Waals surface area contributed by atoms with E-state index >= 15 is 0 Å². The Balaban J connectivity index is 1.85. The van der Waals surface area contributed by atoms with Crippen LogP contribution in [0, 0.1) is 5.92 Å².